The molecule has 0 fully saturated rings. The predicted octanol–water partition coefficient (Wildman–Crippen LogP) is 4.83. The van der Waals surface area contributed by atoms with Gasteiger partial charge in [0.15, 0.2) is 5.60 Å². The fourth-order valence-electron chi connectivity index (χ4n) is 3.26. The third kappa shape index (κ3) is 3.82. The molecule has 2 aromatic carbocycles. The molecule has 0 amide bonds. The SMILES string of the molecule is Cc1nc2cccc(S(=O)(=O)n3c(COC(C)(C)C(=O)O)cc4cc(Cl)ccc43)c2s1. The first-order chi connectivity index (χ1) is 14.5. The van der Waals surface area contributed by atoms with Gasteiger partial charge in [-0.3, -0.25) is 0 Å². The highest BCUT2D eigenvalue weighted by molar-refractivity contribution is 7.90. The molecule has 0 spiro atoms. The number of carbonyl (C=O) groups is 1. The first-order valence-electron chi connectivity index (χ1n) is 9.30. The van der Waals surface area contributed by atoms with Gasteiger partial charge in [0.2, 0.25) is 0 Å². The maximum Gasteiger partial charge on any atom is 0.335 e. The second kappa shape index (κ2) is 7.59. The van der Waals surface area contributed by atoms with Gasteiger partial charge in [0.1, 0.15) is 4.90 Å². The number of aromatic nitrogens is 2. The van der Waals surface area contributed by atoms with Crippen LogP contribution < -0.4 is 0 Å². The highest BCUT2D eigenvalue weighted by atomic mass is 35.5. The van der Waals surface area contributed by atoms with Crippen LogP contribution in [0.2, 0.25) is 5.02 Å². The fourth-order valence-corrected chi connectivity index (χ4v) is 6.33. The van der Waals surface area contributed by atoms with E-state index in [0.717, 1.165) is 5.01 Å². The Bertz CT molecular complexity index is 1440. The van der Waals surface area contributed by atoms with E-state index >= 15 is 0 Å². The van der Waals surface area contributed by atoms with Crippen LogP contribution in [-0.2, 0) is 26.2 Å². The molecule has 4 rings (SSSR count). The zero-order chi connectivity index (χ0) is 22.6. The third-order valence-corrected chi connectivity index (χ3v) is 8.08. The van der Waals surface area contributed by atoms with Crippen LogP contribution in [0.15, 0.2) is 47.4 Å². The number of aliphatic carboxylic acids is 1. The quantitative estimate of drug-likeness (QED) is 0.426. The Morgan fingerprint density at radius 1 is 1.26 bits per heavy atom. The summed E-state index contributed by atoms with van der Waals surface area (Å²) in [7, 11) is -4.05. The molecule has 2 aromatic heterocycles. The molecular weight excluding hydrogens is 460 g/mol. The second-order valence-corrected chi connectivity index (χ2v) is 10.9. The standard InChI is InChI=1S/C21H19ClN2O5S2/c1-12-23-16-5-4-6-18(19(16)30-12)31(27,28)24-15(11-29-21(2,3)20(25)26)10-13-9-14(22)7-8-17(13)24/h4-10H,11H2,1-3H3,(H,25,26). The van der Waals surface area contributed by atoms with Gasteiger partial charge in [-0.2, -0.15) is 0 Å². The maximum atomic E-state index is 13.8. The predicted molar refractivity (Wildman–Crippen MR) is 120 cm³/mol. The van der Waals surface area contributed by atoms with Crippen molar-refractivity contribution in [2.24, 2.45) is 0 Å². The number of hydrogen-bond donors (Lipinski definition) is 1. The van der Waals surface area contributed by atoms with Crippen molar-refractivity contribution in [3.63, 3.8) is 0 Å². The lowest BCUT2D eigenvalue weighted by Crippen LogP contribution is -2.34. The number of carboxylic acid groups (broad SMARTS) is 1. The van der Waals surface area contributed by atoms with Gasteiger partial charge >= 0.3 is 5.97 Å². The molecule has 0 atom stereocenters. The summed E-state index contributed by atoms with van der Waals surface area (Å²) in [5.74, 6) is -1.15. The number of ether oxygens (including phenoxy) is 1. The molecule has 31 heavy (non-hydrogen) atoms. The molecule has 0 saturated heterocycles. The van der Waals surface area contributed by atoms with Gasteiger partial charge in [-0.1, -0.05) is 17.7 Å². The lowest BCUT2D eigenvalue weighted by molar-refractivity contribution is -0.162. The summed E-state index contributed by atoms with van der Waals surface area (Å²) in [5, 5.41) is 11.2. The molecule has 2 heterocycles. The highest BCUT2D eigenvalue weighted by Gasteiger charge is 2.31. The average Bonchev–Trinajstić information content (AvgIpc) is 3.24. The third-order valence-electron chi connectivity index (χ3n) is 4.89. The van der Waals surface area contributed by atoms with Crippen LogP contribution in [0.3, 0.4) is 0 Å². The summed E-state index contributed by atoms with van der Waals surface area (Å²) >= 11 is 7.41. The molecule has 0 unspecified atom stereocenters. The van der Waals surface area contributed by atoms with Gasteiger partial charge in [0, 0.05) is 10.4 Å². The zero-order valence-corrected chi connectivity index (χ0v) is 19.3. The van der Waals surface area contributed by atoms with Gasteiger partial charge in [-0.15, -0.1) is 11.3 Å². The Morgan fingerprint density at radius 3 is 2.71 bits per heavy atom. The first-order valence-corrected chi connectivity index (χ1v) is 11.9. The molecule has 0 aliphatic heterocycles. The lowest BCUT2D eigenvalue weighted by Gasteiger charge is -2.21. The number of thiazole rings is 1. The number of aryl methyl sites for hydroxylation is 1. The van der Waals surface area contributed by atoms with Crippen LogP contribution in [0.1, 0.15) is 24.5 Å². The number of rotatable bonds is 6. The van der Waals surface area contributed by atoms with E-state index in [4.69, 9.17) is 16.3 Å². The molecule has 162 valence electrons. The van der Waals surface area contributed by atoms with Gasteiger partial charge in [-0.25, -0.2) is 22.2 Å². The number of nitrogens with zero attached hydrogens (tertiary/aromatic N) is 2. The van der Waals surface area contributed by atoms with Crippen molar-refractivity contribution in [1.82, 2.24) is 8.96 Å². The summed E-state index contributed by atoms with van der Waals surface area (Å²) < 4.78 is 35.0. The van der Waals surface area contributed by atoms with Crippen molar-refractivity contribution in [2.75, 3.05) is 0 Å². The van der Waals surface area contributed by atoms with Crippen molar-refractivity contribution >= 4 is 60.0 Å². The summed E-state index contributed by atoms with van der Waals surface area (Å²) in [6, 6.07) is 11.5. The Morgan fingerprint density at radius 2 is 2.00 bits per heavy atom. The molecule has 0 bridgehead atoms. The van der Waals surface area contributed by atoms with Crippen molar-refractivity contribution in [3.8, 4) is 0 Å². The van der Waals surface area contributed by atoms with Crippen LogP contribution in [0.4, 0.5) is 0 Å². The van der Waals surface area contributed by atoms with Gasteiger partial charge in [0.25, 0.3) is 10.0 Å². The average molecular weight is 479 g/mol. The molecular formula is C21H19ClN2O5S2. The Labute approximate surface area is 187 Å². The summed E-state index contributed by atoms with van der Waals surface area (Å²) in [6.45, 7) is 4.42. The van der Waals surface area contributed by atoms with Gasteiger partial charge in [-0.05, 0) is 57.2 Å². The molecule has 0 aliphatic rings. The molecule has 0 saturated carbocycles. The zero-order valence-electron chi connectivity index (χ0n) is 16.9. The lowest BCUT2D eigenvalue weighted by atomic mass is 10.1. The van der Waals surface area contributed by atoms with Crippen LogP contribution >= 0.6 is 22.9 Å². The van der Waals surface area contributed by atoms with Gasteiger partial charge in [0.05, 0.1) is 33.0 Å². The van der Waals surface area contributed by atoms with E-state index in [9.17, 15) is 18.3 Å². The molecule has 4 aromatic rings. The molecule has 1 N–H and O–H groups in total. The largest absolute Gasteiger partial charge is 0.479 e. The normalized spacial score (nSPS) is 12.6. The summed E-state index contributed by atoms with van der Waals surface area (Å²) in [6.07, 6.45) is 0. The van der Waals surface area contributed by atoms with Gasteiger partial charge < -0.3 is 9.84 Å². The van der Waals surface area contributed by atoms with Crippen LogP contribution in [0.5, 0.6) is 0 Å². The van der Waals surface area contributed by atoms with E-state index in [1.165, 1.54) is 29.2 Å². The number of hydrogen-bond acceptors (Lipinski definition) is 6. The second-order valence-electron chi connectivity index (χ2n) is 7.55. The monoisotopic (exact) mass is 478 g/mol. The van der Waals surface area contributed by atoms with E-state index < -0.39 is 21.6 Å². The van der Waals surface area contributed by atoms with E-state index in [1.54, 1.807) is 42.5 Å². The number of halogens is 1. The van der Waals surface area contributed by atoms with E-state index in [0.29, 0.717) is 31.8 Å². The fraction of sp³-hybridized carbons (Fsp3) is 0.238. The van der Waals surface area contributed by atoms with Crippen molar-refractivity contribution in [3.05, 3.63) is 58.2 Å². The van der Waals surface area contributed by atoms with Crippen LogP contribution in [0, 0.1) is 6.92 Å². The Kier molecular flexibility index (Phi) is 5.33. The van der Waals surface area contributed by atoms with Crippen molar-refractivity contribution < 1.29 is 23.1 Å². The summed E-state index contributed by atoms with van der Waals surface area (Å²) in [4.78, 5) is 16.0. The Balaban J connectivity index is 1.93. The smallest absolute Gasteiger partial charge is 0.335 e. The molecule has 10 heteroatoms. The Hall–Kier alpha value is -2.46. The minimum absolute atomic E-state index is 0.127. The molecule has 0 aliphatic carbocycles. The van der Waals surface area contributed by atoms with Crippen LogP contribution in [0.25, 0.3) is 21.1 Å². The van der Waals surface area contributed by atoms with E-state index in [-0.39, 0.29) is 11.5 Å². The van der Waals surface area contributed by atoms with Crippen molar-refractivity contribution in [2.45, 2.75) is 37.9 Å². The van der Waals surface area contributed by atoms with E-state index in [1.807, 2.05) is 6.92 Å². The van der Waals surface area contributed by atoms with Crippen molar-refractivity contribution in [1.29, 1.82) is 0 Å². The number of fused-ring (bicyclic) bond motifs is 2. The molecule has 7 nitrogen and oxygen atoms in total. The summed E-state index contributed by atoms with van der Waals surface area (Å²) in [5.41, 5.74) is -0.163. The van der Waals surface area contributed by atoms with Crippen LogP contribution in [-0.4, -0.2) is 34.1 Å². The minimum atomic E-state index is -4.05. The number of benzene rings is 2. The molecule has 0 radical (unpaired) electrons. The highest BCUT2D eigenvalue weighted by Crippen LogP contribution is 2.34. The van der Waals surface area contributed by atoms with E-state index in [2.05, 4.69) is 4.98 Å². The minimum Gasteiger partial charge on any atom is -0.479 e. The topological polar surface area (TPSA) is 98.5 Å². The number of carboxylic acids is 1. The first kappa shape index (κ1) is 21.8. The maximum absolute atomic E-state index is 13.8.